The lowest BCUT2D eigenvalue weighted by atomic mass is 9.77. The van der Waals surface area contributed by atoms with Crippen molar-refractivity contribution in [1.82, 2.24) is 9.80 Å². The first-order chi connectivity index (χ1) is 13.2. The highest BCUT2D eigenvalue weighted by Gasteiger charge is 2.42. The number of hydrogen-bond acceptors (Lipinski definition) is 4. The third-order valence-electron chi connectivity index (χ3n) is 5.80. The normalized spacial score (nSPS) is 23.0. The average molecular weight is 405 g/mol. The smallest absolute Gasteiger partial charge is 0.240 e. The SMILES string of the molecule is CC1CCC(C#N)(N(C)C(=O)C(C)N(C)CC(=O)Nc2cccc(Cl)c2)CC1. The first kappa shape index (κ1) is 22.2. The molecule has 1 fully saturated rings. The van der Waals surface area contributed by atoms with Crippen molar-refractivity contribution in [2.45, 2.75) is 51.1 Å². The number of nitrogens with zero attached hydrogens (tertiary/aromatic N) is 3. The molecule has 1 atom stereocenters. The molecule has 1 unspecified atom stereocenters. The van der Waals surface area contributed by atoms with E-state index < -0.39 is 11.6 Å². The summed E-state index contributed by atoms with van der Waals surface area (Å²) in [6, 6.07) is 8.79. The number of nitriles is 1. The van der Waals surface area contributed by atoms with Gasteiger partial charge in [-0.05, 0) is 63.8 Å². The molecule has 1 aromatic rings. The largest absolute Gasteiger partial charge is 0.326 e. The lowest BCUT2D eigenvalue weighted by Gasteiger charge is -2.42. The van der Waals surface area contributed by atoms with Crippen LogP contribution in [-0.2, 0) is 9.59 Å². The quantitative estimate of drug-likeness (QED) is 0.786. The van der Waals surface area contributed by atoms with E-state index in [1.807, 2.05) is 0 Å². The second kappa shape index (κ2) is 9.40. The Hall–Kier alpha value is -2.10. The second-order valence-corrected chi connectivity index (χ2v) is 8.31. The minimum atomic E-state index is -0.748. The van der Waals surface area contributed by atoms with Crippen LogP contribution in [0.1, 0.15) is 39.5 Å². The summed E-state index contributed by atoms with van der Waals surface area (Å²) in [7, 11) is 3.44. The minimum absolute atomic E-state index is 0.0594. The van der Waals surface area contributed by atoms with E-state index in [0.717, 1.165) is 12.8 Å². The van der Waals surface area contributed by atoms with Gasteiger partial charge in [-0.3, -0.25) is 14.5 Å². The third kappa shape index (κ3) is 5.24. The molecule has 1 N–H and O–H groups in total. The zero-order chi connectivity index (χ0) is 20.9. The predicted octanol–water partition coefficient (Wildman–Crippen LogP) is 3.53. The number of carbonyl (C=O) groups is 2. The Balaban J connectivity index is 1.97. The van der Waals surface area contributed by atoms with Crippen LogP contribution in [0.15, 0.2) is 24.3 Å². The van der Waals surface area contributed by atoms with Gasteiger partial charge in [0.1, 0.15) is 5.54 Å². The third-order valence-corrected chi connectivity index (χ3v) is 6.04. The van der Waals surface area contributed by atoms with Gasteiger partial charge >= 0.3 is 0 Å². The number of amides is 2. The number of nitrogens with one attached hydrogen (secondary N) is 1. The summed E-state index contributed by atoms with van der Waals surface area (Å²) in [6.45, 7) is 4.00. The Bertz CT molecular complexity index is 753. The van der Waals surface area contributed by atoms with Gasteiger partial charge in [0.2, 0.25) is 11.8 Å². The molecule has 2 rings (SSSR count). The van der Waals surface area contributed by atoms with E-state index in [1.54, 1.807) is 55.1 Å². The highest BCUT2D eigenvalue weighted by Crippen LogP contribution is 2.35. The van der Waals surface area contributed by atoms with E-state index in [1.165, 1.54) is 0 Å². The van der Waals surface area contributed by atoms with Crippen molar-refractivity contribution in [1.29, 1.82) is 5.26 Å². The molecule has 28 heavy (non-hydrogen) atoms. The van der Waals surface area contributed by atoms with Crippen LogP contribution < -0.4 is 5.32 Å². The summed E-state index contributed by atoms with van der Waals surface area (Å²) >= 11 is 5.93. The van der Waals surface area contributed by atoms with Crippen molar-refractivity contribution in [3.05, 3.63) is 29.3 Å². The van der Waals surface area contributed by atoms with Crippen LogP contribution in [0.25, 0.3) is 0 Å². The maximum absolute atomic E-state index is 13.0. The molecule has 0 spiro atoms. The van der Waals surface area contributed by atoms with Crippen molar-refractivity contribution >= 4 is 29.1 Å². The predicted molar refractivity (Wildman–Crippen MR) is 111 cm³/mol. The molecule has 0 heterocycles. The van der Waals surface area contributed by atoms with Crippen LogP contribution in [0, 0.1) is 17.2 Å². The maximum Gasteiger partial charge on any atom is 0.240 e. The molecule has 6 nitrogen and oxygen atoms in total. The fraction of sp³-hybridized carbons (Fsp3) is 0.571. The van der Waals surface area contributed by atoms with Gasteiger partial charge < -0.3 is 10.2 Å². The molecule has 1 saturated carbocycles. The summed E-state index contributed by atoms with van der Waals surface area (Å²) in [5.74, 6) is 0.211. The summed E-state index contributed by atoms with van der Waals surface area (Å²) < 4.78 is 0. The van der Waals surface area contributed by atoms with Gasteiger partial charge in [-0.15, -0.1) is 0 Å². The molecular formula is C21H29ClN4O2. The van der Waals surface area contributed by atoms with Gasteiger partial charge in [-0.25, -0.2) is 0 Å². The molecular weight excluding hydrogens is 376 g/mol. The van der Waals surface area contributed by atoms with Crippen molar-refractivity contribution in [3.63, 3.8) is 0 Å². The van der Waals surface area contributed by atoms with E-state index in [2.05, 4.69) is 18.3 Å². The number of anilines is 1. The summed E-state index contributed by atoms with van der Waals surface area (Å²) in [5, 5.41) is 13.1. The van der Waals surface area contributed by atoms with Crippen molar-refractivity contribution in [2.24, 2.45) is 5.92 Å². The summed E-state index contributed by atoms with van der Waals surface area (Å²) in [5.41, 5.74) is -0.136. The Morgan fingerprint density at radius 3 is 2.57 bits per heavy atom. The number of benzene rings is 1. The van der Waals surface area contributed by atoms with Gasteiger partial charge in [-0.1, -0.05) is 24.6 Å². The lowest BCUT2D eigenvalue weighted by molar-refractivity contribution is -0.140. The van der Waals surface area contributed by atoms with Crippen molar-refractivity contribution < 1.29 is 9.59 Å². The molecule has 152 valence electrons. The van der Waals surface area contributed by atoms with Crippen LogP contribution >= 0.6 is 11.6 Å². The molecule has 7 heteroatoms. The summed E-state index contributed by atoms with van der Waals surface area (Å²) in [6.07, 6.45) is 3.27. The number of halogens is 1. The Kier molecular flexibility index (Phi) is 7.45. The minimum Gasteiger partial charge on any atom is -0.326 e. The first-order valence-corrected chi connectivity index (χ1v) is 10.0. The van der Waals surface area contributed by atoms with Gasteiger partial charge in [-0.2, -0.15) is 5.26 Å². The van der Waals surface area contributed by atoms with E-state index >= 15 is 0 Å². The highest BCUT2D eigenvalue weighted by molar-refractivity contribution is 6.30. The number of carbonyl (C=O) groups excluding carboxylic acids is 2. The van der Waals surface area contributed by atoms with Crippen LogP contribution in [0.5, 0.6) is 0 Å². The molecule has 1 aromatic carbocycles. The molecule has 1 aliphatic rings. The Morgan fingerprint density at radius 1 is 1.36 bits per heavy atom. The lowest BCUT2D eigenvalue weighted by Crippen LogP contribution is -2.56. The second-order valence-electron chi connectivity index (χ2n) is 7.87. The molecule has 0 aliphatic heterocycles. The number of likely N-dealkylation sites (N-methyl/N-ethyl adjacent to an activating group) is 2. The maximum atomic E-state index is 13.0. The molecule has 0 radical (unpaired) electrons. The van der Waals surface area contributed by atoms with Crippen LogP contribution in [0.4, 0.5) is 5.69 Å². The van der Waals surface area contributed by atoms with E-state index in [9.17, 15) is 14.9 Å². The van der Waals surface area contributed by atoms with Crippen molar-refractivity contribution in [3.8, 4) is 6.07 Å². The standard InChI is InChI=1S/C21H29ClN4O2/c1-15-8-10-21(14-23,11-9-15)26(4)20(28)16(2)25(3)13-19(27)24-18-7-5-6-17(22)12-18/h5-7,12,15-16H,8-11,13H2,1-4H3,(H,24,27). The Labute approximate surface area is 172 Å². The van der Waals surface area contributed by atoms with E-state index in [4.69, 9.17) is 11.6 Å². The fourth-order valence-electron chi connectivity index (χ4n) is 3.57. The average Bonchev–Trinajstić information content (AvgIpc) is 2.67. The van der Waals surface area contributed by atoms with Gasteiger partial charge in [0.25, 0.3) is 0 Å². The molecule has 0 aromatic heterocycles. The van der Waals surface area contributed by atoms with E-state index in [0.29, 0.717) is 29.5 Å². The van der Waals surface area contributed by atoms with Gasteiger partial charge in [0.05, 0.1) is 18.7 Å². The molecule has 0 saturated heterocycles. The first-order valence-electron chi connectivity index (χ1n) is 9.63. The zero-order valence-corrected chi connectivity index (χ0v) is 17.8. The molecule has 0 bridgehead atoms. The number of hydrogen-bond donors (Lipinski definition) is 1. The molecule has 1 aliphatic carbocycles. The van der Waals surface area contributed by atoms with Crippen LogP contribution in [0.3, 0.4) is 0 Å². The summed E-state index contributed by atoms with van der Waals surface area (Å²) in [4.78, 5) is 28.6. The Morgan fingerprint density at radius 2 is 2.00 bits per heavy atom. The number of rotatable bonds is 6. The highest BCUT2D eigenvalue weighted by atomic mass is 35.5. The van der Waals surface area contributed by atoms with Crippen LogP contribution in [-0.4, -0.2) is 53.8 Å². The fourth-order valence-corrected chi connectivity index (χ4v) is 3.76. The zero-order valence-electron chi connectivity index (χ0n) is 17.0. The van der Waals surface area contributed by atoms with Crippen LogP contribution in [0.2, 0.25) is 5.02 Å². The van der Waals surface area contributed by atoms with E-state index in [-0.39, 0.29) is 18.4 Å². The molecule has 2 amide bonds. The van der Waals surface area contributed by atoms with Gasteiger partial charge in [0, 0.05) is 17.8 Å². The van der Waals surface area contributed by atoms with Crippen molar-refractivity contribution in [2.75, 3.05) is 26.0 Å². The topological polar surface area (TPSA) is 76.4 Å². The monoisotopic (exact) mass is 404 g/mol. The van der Waals surface area contributed by atoms with Gasteiger partial charge in [0.15, 0.2) is 0 Å².